The molecule has 1 aliphatic heterocycles. The fourth-order valence-corrected chi connectivity index (χ4v) is 5.29. The number of halogens is 1. The van der Waals surface area contributed by atoms with Crippen LogP contribution in [-0.4, -0.2) is 17.2 Å². The first-order valence-corrected chi connectivity index (χ1v) is 12.3. The largest absolute Gasteiger partial charge is 0.465 e. The summed E-state index contributed by atoms with van der Waals surface area (Å²) < 4.78 is 21.3. The van der Waals surface area contributed by atoms with E-state index >= 15 is 0 Å². The lowest BCUT2D eigenvalue weighted by Crippen LogP contribution is -2.33. The zero-order valence-electron chi connectivity index (χ0n) is 19.0. The first-order valence-electron chi connectivity index (χ1n) is 12.3. The third-order valence-corrected chi connectivity index (χ3v) is 7.50. The third-order valence-electron chi connectivity index (χ3n) is 7.50. The van der Waals surface area contributed by atoms with Crippen LogP contribution >= 0.6 is 0 Å². The van der Waals surface area contributed by atoms with Crippen molar-refractivity contribution in [2.45, 2.75) is 56.6 Å². The average Bonchev–Trinajstić information content (AvgIpc) is 3.52. The molecule has 0 bridgehead atoms. The molecule has 3 heteroatoms. The Bertz CT molecular complexity index is 1160. The van der Waals surface area contributed by atoms with E-state index < -0.39 is 0 Å². The Morgan fingerprint density at radius 1 is 0.879 bits per heavy atom. The lowest BCUT2D eigenvalue weighted by molar-refractivity contribution is 0.0461. The second-order valence-corrected chi connectivity index (χ2v) is 9.69. The van der Waals surface area contributed by atoms with Crippen molar-refractivity contribution < 1.29 is 9.13 Å². The molecule has 3 aromatic rings. The summed E-state index contributed by atoms with van der Waals surface area (Å²) in [4.78, 5) is 2.46. The van der Waals surface area contributed by atoms with Gasteiger partial charge in [0.1, 0.15) is 5.82 Å². The van der Waals surface area contributed by atoms with Crippen LogP contribution in [0.25, 0.3) is 11.5 Å². The highest BCUT2D eigenvalue weighted by atomic mass is 19.1. The van der Waals surface area contributed by atoms with Gasteiger partial charge in [0.2, 0.25) is 0 Å². The number of aryl methyl sites for hydroxylation is 1. The first-order chi connectivity index (χ1) is 16.2. The van der Waals surface area contributed by atoms with Gasteiger partial charge in [0.15, 0.2) is 11.5 Å². The summed E-state index contributed by atoms with van der Waals surface area (Å²) in [5.74, 6) is 1.53. The number of hydrogen-bond acceptors (Lipinski definition) is 2. The van der Waals surface area contributed by atoms with Crippen LogP contribution in [0.4, 0.5) is 4.39 Å². The predicted molar refractivity (Wildman–Crippen MR) is 131 cm³/mol. The molecule has 2 saturated carbocycles. The van der Waals surface area contributed by atoms with Crippen LogP contribution in [-0.2, 0) is 11.2 Å². The van der Waals surface area contributed by atoms with Crippen molar-refractivity contribution in [2.75, 3.05) is 6.54 Å². The van der Waals surface area contributed by atoms with Gasteiger partial charge in [-0.05, 0) is 48.8 Å². The fourth-order valence-electron chi connectivity index (χ4n) is 5.29. The lowest BCUT2D eigenvalue weighted by Gasteiger charge is -2.28. The van der Waals surface area contributed by atoms with Gasteiger partial charge >= 0.3 is 0 Å². The number of rotatable bonds is 7. The zero-order chi connectivity index (χ0) is 22.3. The Morgan fingerprint density at radius 2 is 1.58 bits per heavy atom. The first kappa shape index (κ1) is 20.5. The molecule has 2 fully saturated rings. The number of nitrogens with zero attached hydrogens (tertiary/aromatic N) is 1. The minimum atomic E-state index is -0.233. The Hall–Kier alpha value is -3.07. The minimum Gasteiger partial charge on any atom is -0.465 e. The van der Waals surface area contributed by atoms with Crippen molar-refractivity contribution in [3.8, 4) is 0 Å². The number of hydrogen-bond donors (Lipinski definition) is 0. The maximum absolute atomic E-state index is 14.6. The van der Waals surface area contributed by atoms with Crippen LogP contribution in [0.3, 0.4) is 0 Å². The third kappa shape index (κ3) is 3.84. The van der Waals surface area contributed by atoms with Gasteiger partial charge in [-0.15, -0.1) is 0 Å². The zero-order valence-corrected chi connectivity index (χ0v) is 19.0. The fraction of sp³-hybridized carbons (Fsp3) is 0.333. The maximum atomic E-state index is 14.6. The average molecular weight is 440 g/mol. The Balaban J connectivity index is 1.27. The van der Waals surface area contributed by atoms with E-state index in [1.54, 1.807) is 6.07 Å². The van der Waals surface area contributed by atoms with Crippen molar-refractivity contribution in [3.05, 3.63) is 107 Å². The topological polar surface area (TPSA) is 12.5 Å². The van der Waals surface area contributed by atoms with E-state index in [-0.39, 0.29) is 11.5 Å². The molecule has 0 N–H and O–H groups in total. The highest BCUT2D eigenvalue weighted by Gasteiger charge is 2.56. The second-order valence-electron chi connectivity index (χ2n) is 9.69. The van der Waals surface area contributed by atoms with Gasteiger partial charge in [0, 0.05) is 30.5 Å². The van der Waals surface area contributed by atoms with Gasteiger partial charge in [-0.2, -0.15) is 0 Å². The molecule has 0 atom stereocenters. The summed E-state index contributed by atoms with van der Waals surface area (Å²) in [6, 6.07) is 26.7. The molecular weight excluding hydrogens is 409 g/mol. The minimum absolute atomic E-state index is 0.0688. The predicted octanol–water partition coefficient (Wildman–Crippen LogP) is 7.37. The van der Waals surface area contributed by atoms with Crippen molar-refractivity contribution >= 4 is 11.5 Å². The van der Waals surface area contributed by atoms with E-state index in [2.05, 4.69) is 65.6 Å². The summed E-state index contributed by atoms with van der Waals surface area (Å²) >= 11 is 0. The lowest BCUT2D eigenvalue weighted by atomic mass is 9.79. The summed E-state index contributed by atoms with van der Waals surface area (Å²) in [5, 5.41) is 0. The standard InChI is InChI=1S/C30H30FNO/c31-27-17-16-25(22-13-7-14-22)21-26(27)15-8-20-32-28(23-9-3-1-4-10-23)29(33-30(32)18-19-30)24-11-5-2-6-12-24/h1-6,9-12,16-17,21-22H,7-8,13-15,18-20H2. The van der Waals surface area contributed by atoms with Crippen molar-refractivity contribution in [1.82, 2.24) is 4.90 Å². The van der Waals surface area contributed by atoms with E-state index in [9.17, 15) is 4.39 Å². The molecule has 2 nitrogen and oxygen atoms in total. The van der Waals surface area contributed by atoms with E-state index in [1.165, 1.54) is 36.1 Å². The smallest absolute Gasteiger partial charge is 0.183 e. The Labute approximate surface area is 195 Å². The van der Waals surface area contributed by atoms with E-state index in [0.717, 1.165) is 49.1 Å². The molecule has 0 saturated heterocycles. The molecular formula is C30H30FNO. The summed E-state index contributed by atoms with van der Waals surface area (Å²) in [7, 11) is 0. The van der Waals surface area contributed by atoms with Crippen molar-refractivity contribution in [2.24, 2.45) is 0 Å². The van der Waals surface area contributed by atoms with Gasteiger partial charge in [-0.3, -0.25) is 0 Å². The summed E-state index contributed by atoms with van der Waals surface area (Å²) in [6.07, 6.45) is 7.50. The highest BCUT2D eigenvalue weighted by Crippen LogP contribution is 2.56. The molecule has 0 aromatic heterocycles. The number of ether oxygens (including phenoxy) is 1. The molecule has 3 aromatic carbocycles. The molecule has 0 radical (unpaired) electrons. The highest BCUT2D eigenvalue weighted by molar-refractivity contribution is 5.89. The van der Waals surface area contributed by atoms with Crippen LogP contribution < -0.4 is 0 Å². The SMILES string of the molecule is Fc1ccc(C2CCC2)cc1CCCN1C(c2ccccc2)=C(c2ccccc2)OC12CC2. The Morgan fingerprint density at radius 3 is 2.21 bits per heavy atom. The van der Waals surface area contributed by atoms with Gasteiger partial charge in [-0.1, -0.05) is 79.2 Å². The van der Waals surface area contributed by atoms with Gasteiger partial charge in [0.05, 0.1) is 5.70 Å². The van der Waals surface area contributed by atoms with Gasteiger partial charge in [-0.25, -0.2) is 4.39 Å². The number of benzene rings is 3. The van der Waals surface area contributed by atoms with E-state index in [4.69, 9.17) is 4.74 Å². The molecule has 1 spiro atoms. The summed E-state index contributed by atoms with van der Waals surface area (Å²) in [6.45, 7) is 0.855. The van der Waals surface area contributed by atoms with Gasteiger partial charge in [0.25, 0.3) is 0 Å². The molecule has 0 amide bonds. The molecule has 2 aliphatic carbocycles. The quantitative estimate of drug-likeness (QED) is 0.381. The monoisotopic (exact) mass is 439 g/mol. The van der Waals surface area contributed by atoms with Crippen LogP contribution in [0, 0.1) is 5.82 Å². The van der Waals surface area contributed by atoms with Crippen molar-refractivity contribution in [1.29, 1.82) is 0 Å². The molecule has 3 aliphatic rings. The van der Waals surface area contributed by atoms with Crippen LogP contribution in [0.2, 0.25) is 0 Å². The summed E-state index contributed by atoms with van der Waals surface area (Å²) in [5.41, 5.74) is 5.41. The second kappa shape index (κ2) is 8.37. The maximum Gasteiger partial charge on any atom is 0.183 e. The molecule has 0 unspecified atom stereocenters. The molecule has 6 rings (SSSR count). The van der Waals surface area contributed by atoms with Crippen molar-refractivity contribution in [3.63, 3.8) is 0 Å². The molecule has 1 heterocycles. The van der Waals surface area contributed by atoms with E-state index in [0.29, 0.717) is 5.92 Å². The van der Waals surface area contributed by atoms with E-state index in [1.807, 2.05) is 12.1 Å². The Kier molecular flexibility index (Phi) is 5.21. The van der Waals surface area contributed by atoms with Crippen LogP contribution in [0.5, 0.6) is 0 Å². The van der Waals surface area contributed by atoms with Crippen LogP contribution in [0.1, 0.15) is 66.7 Å². The van der Waals surface area contributed by atoms with Gasteiger partial charge < -0.3 is 9.64 Å². The molecule has 168 valence electrons. The molecule has 33 heavy (non-hydrogen) atoms. The van der Waals surface area contributed by atoms with Crippen LogP contribution in [0.15, 0.2) is 78.9 Å². The normalized spacial score (nSPS) is 19.0.